The number of carbonyl (C=O) groups excluding carboxylic acids is 1. The van der Waals surface area contributed by atoms with Gasteiger partial charge in [0.25, 0.3) is 11.5 Å². The van der Waals surface area contributed by atoms with E-state index in [1.165, 1.54) is 11.3 Å². The van der Waals surface area contributed by atoms with Gasteiger partial charge in [-0.15, -0.1) is 0 Å². The van der Waals surface area contributed by atoms with Crippen molar-refractivity contribution in [2.24, 2.45) is 4.99 Å². The van der Waals surface area contributed by atoms with Crippen LogP contribution in [0.4, 0.5) is 5.69 Å². The molecule has 0 unspecified atom stereocenters. The van der Waals surface area contributed by atoms with Crippen molar-refractivity contribution in [1.82, 2.24) is 4.57 Å². The molecule has 1 amide bonds. The molecule has 8 nitrogen and oxygen atoms in total. The highest BCUT2D eigenvalue weighted by atomic mass is 35.5. The zero-order chi connectivity index (χ0) is 32.2. The lowest BCUT2D eigenvalue weighted by Crippen LogP contribution is -2.40. The van der Waals surface area contributed by atoms with E-state index in [2.05, 4.69) is 5.32 Å². The molecule has 0 fully saturated rings. The first kappa shape index (κ1) is 30.9. The smallest absolute Gasteiger partial charge is 0.271 e. The molecule has 46 heavy (non-hydrogen) atoms. The molecule has 5 aromatic rings. The first-order chi connectivity index (χ1) is 22.3. The number of fused-ring (bicyclic) bond motifs is 1. The summed E-state index contributed by atoms with van der Waals surface area (Å²) < 4.78 is 19.1. The number of benzene rings is 4. The Bertz CT molecular complexity index is 2120. The second-order valence-electron chi connectivity index (χ2n) is 10.5. The minimum absolute atomic E-state index is 0.267. The van der Waals surface area contributed by atoms with Crippen LogP contribution in [0.3, 0.4) is 0 Å². The topological polar surface area (TPSA) is 91.2 Å². The standard InChI is InChI=1S/C36H30ClN3O5S/c1-22-32(34(41)39-27-9-5-4-6-10-27)33(25-8-7-11-28(20-25)43-2)40-35(42)31(46-36(40)38-22)19-24-14-17-29(30(18-24)44-3)45-21-23-12-15-26(37)16-13-23/h4-20,33H,21H2,1-3H3,(H,39,41)/b31-19-/t33-/m1/s1. The zero-order valence-electron chi connectivity index (χ0n) is 25.3. The zero-order valence-corrected chi connectivity index (χ0v) is 26.9. The van der Waals surface area contributed by atoms with Gasteiger partial charge in [-0.2, -0.15) is 0 Å². The second-order valence-corrected chi connectivity index (χ2v) is 11.9. The van der Waals surface area contributed by atoms with E-state index in [1.807, 2.05) is 97.1 Å². The van der Waals surface area contributed by atoms with Gasteiger partial charge in [0, 0.05) is 10.7 Å². The van der Waals surface area contributed by atoms with Gasteiger partial charge < -0.3 is 19.5 Å². The number of methoxy groups -OCH3 is 2. The lowest BCUT2D eigenvalue weighted by Gasteiger charge is -2.25. The van der Waals surface area contributed by atoms with Gasteiger partial charge in [0.2, 0.25) is 0 Å². The number of allylic oxidation sites excluding steroid dienone is 1. The molecule has 0 saturated heterocycles. The minimum atomic E-state index is -0.726. The van der Waals surface area contributed by atoms with Gasteiger partial charge in [0.1, 0.15) is 12.4 Å². The van der Waals surface area contributed by atoms with E-state index in [-0.39, 0.29) is 11.5 Å². The number of rotatable bonds is 9. The largest absolute Gasteiger partial charge is 0.497 e. The number of hydrogen-bond acceptors (Lipinski definition) is 7. The normalized spacial score (nSPS) is 14.3. The van der Waals surface area contributed by atoms with Crippen molar-refractivity contribution in [3.63, 3.8) is 0 Å². The van der Waals surface area contributed by atoms with Gasteiger partial charge in [-0.1, -0.05) is 71.5 Å². The minimum Gasteiger partial charge on any atom is -0.497 e. The van der Waals surface area contributed by atoms with Crippen molar-refractivity contribution in [2.75, 3.05) is 19.5 Å². The fourth-order valence-electron chi connectivity index (χ4n) is 5.25. The molecule has 0 aliphatic carbocycles. The third kappa shape index (κ3) is 6.47. The molecule has 0 saturated carbocycles. The Morgan fingerprint density at radius 3 is 2.48 bits per heavy atom. The van der Waals surface area contributed by atoms with Crippen LogP contribution >= 0.6 is 22.9 Å². The van der Waals surface area contributed by atoms with E-state index in [9.17, 15) is 9.59 Å². The van der Waals surface area contributed by atoms with Crippen LogP contribution in [0.2, 0.25) is 5.02 Å². The highest BCUT2D eigenvalue weighted by Crippen LogP contribution is 2.33. The van der Waals surface area contributed by atoms with Crippen LogP contribution in [-0.2, 0) is 11.4 Å². The molecule has 1 aliphatic heterocycles. The molecule has 232 valence electrons. The van der Waals surface area contributed by atoms with E-state index in [0.29, 0.717) is 55.2 Å². The van der Waals surface area contributed by atoms with E-state index in [4.69, 9.17) is 30.8 Å². The Hall–Kier alpha value is -5.12. The van der Waals surface area contributed by atoms with Crippen LogP contribution in [0.25, 0.3) is 6.08 Å². The predicted molar refractivity (Wildman–Crippen MR) is 181 cm³/mol. The maximum Gasteiger partial charge on any atom is 0.271 e. The second kappa shape index (κ2) is 13.5. The molecule has 1 aromatic heterocycles. The first-order valence-corrected chi connectivity index (χ1v) is 15.6. The molecule has 0 radical (unpaired) electrons. The lowest BCUT2D eigenvalue weighted by molar-refractivity contribution is -0.113. The number of thiazole rings is 1. The Labute approximate surface area is 274 Å². The summed E-state index contributed by atoms with van der Waals surface area (Å²) in [6, 6.07) is 28.8. The average Bonchev–Trinajstić information content (AvgIpc) is 3.38. The number of nitrogens with zero attached hydrogens (tertiary/aromatic N) is 2. The summed E-state index contributed by atoms with van der Waals surface area (Å²) >= 11 is 7.26. The maximum atomic E-state index is 14.1. The number of aromatic nitrogens is 1. The molecule has 4 aromatic carbocycles. The van der Waals surface area contributed by atoms with Crippen LogP contribution in [0, 0.1) is 0 Å². The fourth-order valence-corrected chi connectivity index (χ4v) is 6.42. The number of hydrogen-bond donors (Lipinski definition) is 1. The third-order valence-electron chi connectivity index (χ3n) is 7.50. The van der Waals surface area contributed by atoms with Crippen LogP contribution in [0.15, 0.2) is 118 Å². The van der Waals surface area contributed by atoms with Crippen molar-refractivity contribution >= 4 is 40.6 Å². The molecule has 0 bridgehead atoms. The highest BCUT2D eigenvalue weighted by Gasteiger charge is 2.32. The molecule has 2 heterocycles. The number of anilines is 1. The van der Waals surface area contributed by atoms with E-state index < -0.39 is 6.04 Å². The van der Waals surface area contributed by atoms with Gasteiger partial charge in [0.15, 0.2) is 16.3 Å². The summed E-state index contributed by atoms with van der Waals surface area (Å²) in [6.45, 7) is 2.13. The van der Waals surface area contributed by atoms with Crippen LogP contribution in [0.5, 0.6) is 17.2 Å². The highest BCUT2D eigenvalue weighted by molar-refractivity contribution is 7.07. The maximum absolute atomic E-state index is 14.1. The van der Waals surface area contributed by atoms with E-state index in [0.717, 1.165) is 16.7 Å². The number of nitrogens with one attached hydrogen (secondary N) is 1. The lowest BCUT2D eigenvalue weighted by atomic mass is 9.95. The summed E-state index contributed by atoms with van der Waals surface area (Å²) in [5.74, 6) is 1.37. The summed E-state index contributed by atoms with van der Waals surface area (Å²) in [5, 5.41) is 3.63. The van der Waals surface area contributed by atoms with Crippen LogP contribution in [-0.4, -0.2) is 24.7 Å². The summed E-state index contributed by atoms with van der Waals surface area (Å²) in [6.07, 6.45) is 1.79. The predicted octanol–water partition coefficient (Wildman–Crippen LogP) is 6.12. The van der Waals surface area contributed by atoms with Crippen molar-refractivity contribution < 1.29 is 19.0 Å². The van der Waals surface area contributed by atoms with E-state index >= 15 is 0 Å². The Morgan fingerprint density at radius 1 is 0.957 bits per heavy atom. The number of ether oxygens (including phenoxy) is 3. The Kier molecular flexibility index (Phi) is 9.05. The Morgan fingerprint density at radius 2 is 1.74 bits per heavy atom. The molecule has 6 rings (SSSR count). The molecular formula is C36H30ClN3O5S. The van der Waals surface area contributed by atoms with E-state index in [1.54, 1.807) is 31.8 Å². The molecule has 1 aliphatic rings. The number of para-hydroxylation sites is 1. The fraction of sp³-hybridized carbons (Fsp3) is 0.139. The van der Waals surface area contributed by atoms with Crippen molar-refractivity contribution in [3.8, 4) is 17.2 Å². The monoisotopic (exact) mass is 651 g/mol. The van der Waals surface area contributed by atoms with Gasteiger partial charge >= 0.3 is 0 Å². The summed E-state index contributed by atoms with van der Waals surface area (Å²) in [4.78, 5) is 33.1. The van der Waals surface area contributed by atoms with Crippen LogP contribution in [0.1, 0.15) is 29.7 Å². The van der Waals surface area contributed by atoms with Gasteiger partial charge in [-0.3, -0.25) is 14.2 Å². The number of halogens is 1. The summed E-state index contributed by atoms with van der Waals surface area (Å²) in [5.41, 5.74) is 3.72. The molecule has 1 atom stereocenters. The molecule has 10 heteroatoms. The first-order valence-electron chi connectivity index (χ1n) is 14.4. The molecular weight excluding hydrogens is 622 g/mol. The van der Waals surface area contributed by atoms with Crippen molar-refractivity contribution in [2.45, 2.75) is 19.6 Å². The summed E-state index contributed by atoms with van der Waals surface area (Å²) in [7, 11) is 3.15. The van der Waals surface area contributed by atoms with Gasteiger partial charge in [0.05, 0.1) is 36.1 Å². The quantitative estimate of drug-likeness (QED) is 0.207. The SMILES string of the molecule is COc1cccc([C@@H]2C(C(=O)Nc3ccccc3)=C(C)N=c3s/c(=C\c4ccc(OCc5ccc(Cl)cc5)c(OC)c4)c(=O)n32)c1. The van der Waals surface area contributed by atoms with Gasteiger partial charge in [-0.05, 0) is 78.2 Å². The van der Waals surface area contributed by atoms with Crippen molar-refractivity contribution in [3.05, 3.63) is 150 Å². The number of amides is 1. The molecule has 1 N–H and O–H groups in total. The van der Waals surface area contributed by atoms with Crippen molar-refractivity contribution in [1.29, 1.82) is 0 Å². The average molecular weight is 652 g/mol. The Balaban J connectivity index is 1.38. The molecule has 0 spiro atoms. The number of carbonyl (C=O) groups is 1. The third-order valence-corrected chi connectivity index (χ3v) is 8.74. The van der Waals surface area contributed by atoms with Crippen LogP contribution < -0.4 is 34.4 Å². The van der Waals surface area contributed by atoms with Gasteiger partial charge in [-0.25, -0.2) is 4.99 Å².